The number of ether oxygens (including phenoxy) is 1. The third-order valence-electron chi connectivity index (χ3n) is 5.40. The number of morpholine rings is 1. The summed E-state index contributed by atoms with van der Waals surface area (Å²) >= 11 is 0. The molecule has 0 radical (unpaired) electrons. The van der Waals surface area contributed by atoms with Crippen LogP contribution in [0.25, 0.3) is 0 Å². The highest BCUT2D eigenvalue weighted by Gasteiger charge is 2.39. The van der Waals surface area contributed by atoms with Crippen molar-refractivity contribution < 1.29 is 14.6 Å². The van der Waals surface area contributed by atoms with Crippen LogP contribution in [0.4, 0.5) is 5.69 Å². The molecule has 0 aromatic heterocycles. The van der Waals surface area contributed by atoms with Crippen molar-refractivity contribution in [3.63, 3.8) is 0 Å². The van der Waals surface area contributed by atoms with Crippen LogP contribution >= 0.6 is 0 Å². The zero-order valence-corrected chi connectivity index (χ0v) is 14.3. The number of aliphatic hydroxyl groups is 1. The second-order valence-electron chi connectivity index (χ2n) is 7.35. The van der Waals surface area contributed by atoms with E-state index in [4.69, 9.17) is 4.74 Å². The number of nitrogens with zero attached hydrogens (tertiary/aromatic N) is 2. The molecule has 2 heterocycles. The average Bonchev–Trinajstić information content (AvgIpc) is 3.37. The van der Waals surface area contributed by atoms with Crippen LogP contribution in [0.5, 0.6) is 0 Å². The molecule has 1 saturated heterocycles. The highest BCUT2D eigenvalue weighted by Crippen LogP contribution is 2.39. The van der Waals surface area contributed by atoms with E-state index in [1.165, 1.54) is 5.56 Å². The number of aliphatic hydroxyl groups excluding tert-OH is 1. The van der Waals surface area contributed by atoms with E-state index < -0.39 is 6.10 Å². The van der Waals surface area contributed by atoms with Gasteiger partial charge < -0.3 is 14.7 Å². The standard InChI is InChI=1S/C19H26N2O3/c1-13-10-16-11-15(18(22)12-20-6-8-24-9-7-20)4-5-17(16)21(13)19(23)14-2-3-14/h4-5,11,13-14,18,22H,2-3,6-10,12H2,1H3/t13-,18+/m1/s1. The van der Waals surface area contributed by atoms with Gasteiger partial charge in [-0.25, -0.2) is 0 Å². The van der Waals surface area contributed by atoms with Gasteiger partial charge in [0.15, 0.2) is 0 Å². The summed E-state index contributed by atoms with van der Waals surface area (Å²) in [6.45, 7) is 6.00. The minimum absolute atomic E-state index is 0.222. The molecule has 2 atom stereocenters. The first-order chi connectivity index (χ1) is 11.6. The zero-order chi connectivity index (χ0) is 16.7. The maximum absolute atomic E-state index is 12.5. The molecule has 0 bridgehead atoms. The van der Waals surface area contributed by atoms with Crippen molar-refractivity contribution in [2.75, 3.05) is 37.7 Å². The van der Waals surface area contributed by atoms with E-state index in [9.17, 15) is 9.90 Å². The van der Waals surface area contributed by atoms with Crippen molar-refractivity contribution >= 4 is 11.6 Å². The Morgan fingerprint density at radius 1 is 1.33 bits per heavy atom. The first-order valence-corrected chi connectivity index (χ1v) is 9.07. The molecule has 5 nitrogen and oxygen atoms in total. The molecule has 0 unspecified atom stereocenters. The van der Waals surface area contributed by atoms with E-state index >= 15 is 0 Å². The van der Waals surface area contributed by atoms with Crippen molar-refractivity contribution in [1.29, 1.82) is 0 Å². The molecular weight excluding hydrogens is 304 g/mol. The fourth-order valence-electron chi connectivity index (χ4n) is 3.85. The number of carbonyl (C=O) groups excluding carboxylic acids is 1. The van der Waals surface area contributed by atoms with Crippen LogP contribution in [0.2, 0.25) is 0 Å². The Bertz CT molecular complexity index is 623. The maximum atomic E-state index is 12.5. The lowest BCUT2D eigenvalue weighted by Gasteiger charge is -2.28. The topological polar surface area (TPSA) is 53.0 Å². The Hall–Kier alpha value is -1.43. The van der Waals surface area contributed by atoms with Crippen molar-refractivity contribution in [3.8, 4) is 0 Å². The molecular formula is C19H26N2O3. The van der Waals surface area contributed by atoms with Gasteiger partial charge in [-0.05, 0) is 43.4 Å². The summed E-state index contributed by atoms with van der Waals surface area (Å²) < 4.78 is 5.36. The molecule has 1 N–H and O–H groups in total. The van der Waals surface area contributed by atoms with Gasteiger partial charge in [0.25, 0.3) is 0 Å². The summed E-state index contributed by atoms with van der Waals surface area (Å²) in [7, 11) is 0. The Balaban J connectivity index is 1.49. The van der Waals surface area contributed by atoms with Crippen molar-refractivity contribution in [1.82, 2.24) is 4.90 Å². The second kappa shape index (κ2) is 6.47. The zero-order valence-electron chi connectivity index (χ0n) is 14.3. The Kier molecular flexibility index (Phi) is 4.33. The molecule has 1 aromatic carbocycles. The third-order valence-corrected chi connectivity index (χ3v) is 5.40. The van der Waals surface area contributed by atoms with Gasteiger partial charge in [0.1, 0.15) is 0 Å². The summed E-state index contributed by atoms with van der Waals surface area (Å²) in [5.41, 5.74) is 3.19. The second-order valence-corrected chi connectivity index (χ2v) is 7.35. The van der Waals surface area contributed by atoms with Crippen LogP contribution in [0.15, 0.2) is 18.2 Å². The quantitative estimate of drug-likeness (QED) is 0.914. The monoisotopic (exact) mass is 330 g/mol. The van der Waals surface area contributed by atoms with Gasteiger partial charge in [0, 0.05) is 37.3 Å². The molecule has 130 valence electrons. The Labute approximate surface area is 143 Å². The van der Waals surface area contributed by atoms with E-state index in [1.54, 1.807) is 0 Å². The summed E-state index contributed by atoms with van der Waals surface area (Å²) in [5.74, 6) is 0.521. The van der Waals surface area contributed by atoms with Crippen LogP contribution in [0, 0.1) is 5.92 Å². The normalized spacial score (nSPS) is 25.6. The number of rotatable bonds is 4. The fraction of sp³-hybridized carbons (Fsp3) is 0.632. The van der Waals surface area contributed by atoms with E-state index in [0.29, 0.717) is 6.54 Å². The van der Waals surface area contributed by atoms with E-state index in [0.717, 1.165) is 56.8 Å². The Morgan fingerprint density at radius 3 is 2.79 bits per heavy atom. The van der Waals surface area contributed by atoms with Crippen LogP contribution < -0.4 is 4.90 Å². The number of β-amino-alcohol motifs (C(OH)–C–C–N with tert-alkyl or cyclic N) is 1. The van der Waals surface area contributed by atoms with Crippen molar-refractivity contribution in [2.24, 2.45) is 5.92 Å². The number of hydrogen-bond donors (Lipinski definition) is 1. The number of hydrogen-bond acceptors (Lipinski definition) is 4. The van der Waals surface area contributed by atoms with Gasteiger partial charge in [0.2, 0.25) is 5.91 Å². The predicted molar refractivity (Wildman–Crippen MR) is 92.0 cm³/mol. The highest BCUT2D eigenvalue weighted by molar-refractivity contribution is 5.98. The molecule has 24 heavy (non-hydrogen) atoms. The smallest absolute Gasteiger partial charge is 0.230 e. The number of benzene rings is 1. The lowest BCUT2D eigenvalue weighted by Crippen LogP contribution is -2.38. The number of fused-ring (bicyclic) bond motifs is 1. The molecule has 1 saturated carbocycles. The summed E-state index contributed by atoms with van der Waals surface area (Å²) in [6, 6.07) is 6.32. The molecule has 1 aliphatic carbocycles. The van der Waals surface area contributed by atoms with Gasteiger partial charge >= 0.3 is 0 Å². The van der Waals surface area contributed by atoms with E-state index in [1.807, 2.05) is 17.0 Å². The maximum Gasteiger partial charge on any atom is 0.230 e. The summed E-state index contributed by atoms with van der Waals surface area (Å²) in [6.07, 6.45) is 2.46. The van der Waals surface area contributed by atoms with Crippen LogP contribution in [0.3, 0.4) is 0 Å². The van der Waals surface area contributed by atoms with E-state index in [-0.39, 0.29) is 17.9 Å². The highest BCUT2D eigenvalue weighted by atomic mass is 16.5. The van der Waals surface area contributed by atoms with Crippen LogP contribution in [-0.4, -0.2) is 54.8 Å². The van der Waals surface area contributed by atoms with Gasteiger partial charge in [-0.3, -0.25) is 9.69 Å². The molecule has 3 aliphatic rings. The lowest BCUT2D eigenvalue weighted by atomic mass is 10.0. The van der Waals surface area contributed by atoms with Crippen molar-refractivity contribution in [2.45, 2.75) is 38.3 Å². The summed E-state index contributed by atoms with van der Waals surface area (Å²) in [4.78, 5) is 16.7. The SMILES string of the molecule is C[C@@H]1Cc2cc([C@@H](O)CN3CCOCC3)ccc2N1C(=O)C1CC1. The number of amides is 1. The van der Waals surface area contributed by atoms with Gasteiger partial charge in [0.05, 0.1) is 19.3 Å². The van der Waals surface area contributed by atoms with Gasteiger partial charge in [-0.15, -0.1) is 0 Å². The minimum Gasteiger partial charge on any atom is -0.387 e. The molecule has 1 aromatic rings. The molecule has 1 amide bonds. The minimum atomic E-state index is -0.489. The molecule has 4 rings (SSSR count). The number of carbonyl (C=O) groups is 1. The largest absolute Gasteiger partial charge is 0.387 e. The van der Waals surface area contributed by atoms with Crippen LogP contribution in [0.1, 0.15) is 37.0 Å². The number of anilines is 1. The van der Waals surface area contributed by atoms with Crippen molar-refractivity contribution in [3.05, 3.63) is 29.3 Å². The fourth-order valence-corrected chi connectivity index (χ4v) is 3.85. The predicted octanol–water partition coefficient (Wildman–Crippen LogP) is 1.74. The van der Waals surface area contributed by atoms with Crippen LogP contribution in [-0.2, 0) is 16.0 Å². The first kappa shape index (κ1) is 16.1. The lowest BCUT2D eigenvalue weighted by molar-refractivity contribution is -0.120. The van der Waals surface area contributed by atoms with Gasteiger partial charge in [-0.1, -0.05) is 12.1 Å². The van der Waals surface area contributed by atoms with Gasteiger partial charge in [-0.2, -0.15) is 0 Å². The molecule has 2 fully saturated rings. The average molecular weight is 330 g/mol. The summed E-state index contributed by atoms with van der Waals surface area (Å²) in [5, 5.41) is 10.6. The molecule has 2 aliphatic heterocycles. The third kappa shape index (κ3) is 3.08. The first-order valence-electron chi connectivity index (χ1n) is 9.07. The molecule has 5 heteroatoms. The van der Waals surface area contributed by atoms with E-state index in [2.05, 4.69) is 17.9 Å². The molecule has 0 spiro atoms. The Morgan fingerprint density at radius 2 is 2.08 bits per heavy atom.